The first-order chi connectivity index (χ1) is 30.2. The predicted octanol–water partition coefficient (Wildman–Crippen LogP) is 15.4. The highest BCUT2D eigenvalue weighted by Crippen LogP contribution is 2.41. The van der Waals surface area contributed by atoms with Crippen molar-refractivity contribution in [1.82, 2.24) is 14.5 Å². The lowest BCUT2D eigenvalue weighted by Crippen LogP contribution is -1.96. The normalized spacial score (nSPS) is 11.6. The molecule has 0 unspecified atom stereocenters. The van der Waals surface area contributed by atoms with Crippen LogP contribution in [0.25, 0.3) is 116 Å². The summed E-state index contributed by atoms with van der Waals surface area (Å²) in [5, 5.41) is 9.95. The number of nitrogens with zero attached hydrogens (tertiary/aromatic N) is 3. The maximum absolute atomic E-state index is 5.23. The molecule has 0 fully saturated rings. The fraction of sp³-hybridized carbons (Fsp3) is 0. The van der Waals surface area contributed by atoms with Gasteiger partial charge in [0.25, 0.3) is 0 Å². The molecule has 284 valence electrons. The molecule has 0 aliphatic rings. The minimum atomic E-state index is 0.699. The molecule has 12 aromatic rings. The third kappa shape index (κ3) is 5.98. The summed E-state index contributed by atoms with van der Waals surface area (Å²) in [4.78, 5) is 10.4. The molecule has 12 rings (SSSR count). The molecule has 10 aromatic carbocycles. The fourth-order valence-corrected chi connectivity index (χ4v) is 9.27. The Bertz CT molecular complexity index is 3620. The van der Waals surface area contributed by atoms with E-state index in [9.17, 15) is 0 Å². The summed E-state index contributed by atoms with van der Waals surface area (Å²) in [5.74, 6) is 0.699. The predicted molar refractivity (Wildman–Crippen MR) is 256 cm³/mol. The van der Waals surface area contributed by atoms with Crippen molar-refractivity contribution in [2.45, 2.75) is 0 Å². The van der Waals surface area contributed by atoms with E-state index in [1.54, 1.807) is 0 Å². The van der Waals surface area contributed by atoms with Crippen LogP contribution in [0.1, 0.15) is 0 Å². The second-order valence-electron chi connectivity index (χ2n) is 15.8. The molecule has 2 aromatic heterocycles. The number of aromatic nitrogens is 3. The third-order valence-electron chi connectivity index (χ3n) is 12.2. The van der Waals surface area contributed by atoms with Crippen molar-refractivity contribution in [1.29, 1.82) is 0 Å². The molecule has 61 heavy (non-hydrogen) atoms. The second-order valence-corrected chi connectivity index (χ2v) is 15.8. The summed E-state index contributed by atoms with van der Waals surface area (Å²) in [6.07, 6.45) is 0. The van der Waals surface area contributed by atoms with Crippen LogP contribution in [-0.4, -0.2) is 14.5 Å². The Morgan fingerprint density at radius 3 is 1.70 bits per heavy atom. The van der Waals surface area contributed by atoms with Crippen LogP contribution in [-0.2, 0) is 0 Å². The summed E-state index contributed by atoms with van der Waals surface area (Å²) in [6.45, 7) is 0. The lowest BCUT2D eigenvalue weighted by Gasteiger charge is -2.15. The molecule has 3 nitrogen and oxygen atoms in total. The van der Waals surface area contributed by atoms with Gasteiger partial charge in [0.2, 0.25) is 0 Å². The number of hydrogen-bond donors (Lipinski definition) is 0. The van der Waals surface area contributed by atoms with Crippen LogP contribution in [0.15, 0.2) is 224 Å². The van der Waals surface area contributed by atoms with Gasteiger partial charge in [0.05, 0.1) is 22.4 Å². The molecule has 0 amide bonds. The first kappa shape index (κ1) is 34.9. The van der Waals surface area contributed by atoms with Crippen LogP contribution < -0.4 is 0 Å². The molecule has 0 spiro atoms. The molecular formula is C58H37N3. The molecule has 0 N–H and O–H groups in total. The molecule has 2 heterocycles. The number of para-hydroxylation sites is 2. The Morgan fingerprint density at radius 2 is 0.885 bits per heavy atom. The highest BCUT2D eigenvalue weighted by Gasteiger charge is 2.17. The molecular weight excluding hydrogens is 739 g/mol. The quantitative estimate of drug-likeness (QED) is 0.124. The first-order valence-corrected chi connectivity index (χ1v) is 20.8. The smallest absolute Gasteiger partial charge is 0.160 e. The van der Waals surface area contributed by atoms with Gasteiger partial charge in [-0.05, 0) is 103 Å². The fourth-order valence-electron chi connectivity index (χ4n) is 9.27. The van der Waals surface area contributed by atoms with Gasteiger partial charge in [-0.1, -0.05) is 176 Å². The van der Waals surface area contributed by atoms with Gasteiger partial charge >= 0.3 is 0 Å². The monoisotopic (exact) mass is 775 g/mol. The Morgan fingerprint density at radius 1 is 0.279 bits per heavy atom. The Kier molecular flexibility index (Phi) is 8.17. The summed E-state index contributed by atoms with van der Waals surface area (Å²) < 4.78 is 2.36. The van der Waals surface area contributed by atoms with Crippen LogP contribution in [0.3, 0.4) is 0 Å². The number of benzene rings is 10. The molecule has 0 aliphatic heterocycles. The molecule has 0 aliphatic carbocycles. The van der Waals surface area contributed by atoms with Crippen molar-refractivity contribution in [3.8, 4) is 61.8 Å². The van der Waals surface area contributed by atoms with Crippen molar-refractivity contribution < 1.29 is 0 Å². The van der Waals surface area contributed by atoms with E-state index in [4.69, 9.17) is 9.97 Å². The van der Waals surface area contributed by atoms with Crippen LogP contribution in [0, 0.1) is 0 Å². The number of rotatable bonds is 6. The average Bonchev–Trinajstić information content (AvgIpc) is 3.67. The number of fused-ring (bicyclic) bond motifs is 7. The summed E-state index contributed by atoms with van der Waals surface area (Å²) in [6, 6.07) is 80.5. The minimum absolute atomic E-state index is 0.699. The highest BCUT2D eigenvalue weighted by molar-refractivity contribution is 6.20. The van der Waals surface area contributed by atoms with Crippen molar-refractivity contribution in [3.63, 3.8) is 0 Å². The Labute approximate surface area is 353 Å². The van der Waals surface area contributed by atoms with Gasteiger partial charge < -0.3 is 4.57 Å². The van der Waals surface area contributed by atoms with Gasteiger partial charge in [0.1, 0.15) is 0 Å². The van der Waals surface area contributed by atoms with E-state index >= 15 is 0 Å². The molecule has 0 atom stereocenters. The molecule has 0 bridgehead atoms. The van der Waals surface area contributed by atoms with E-state index in [0.29, 0.717) is 5.82 Å². The summed E-state index contributed by atoms with van der Waals surface area (Å²) in [5.41, 5.74) is 13.1. The van der Waals surface area contributed by atoms with Crippen LogP contribution >= 0.6 is 0 Å². The van der Waals surface area contributed by atoms with E-state index in [-0.39, 0.29) is 0 Å². The van der Waals surface area contributed by atoms with Crippen molar-refractivity contribution in [2.75, 3.05) is 0 Å². The molecule has 3 heteroatoms. The van der Waals surface area contributed by atoms with Gasteiger partial charge in [-0.15, -0.1) is 0 Å². The van der Waals surface area contributed by atoms with Gasteiger partial charge in [-0.3, -0.25) is 0 Å². The maximum atomic E-state index is 5.23. The van der Waals surface area contributed by atoms with E-state index < -0.39 is 0 Å². The maximum Gasteiger partial charge on any atom is 0.160 e. The van der Waals surface area contributed by atoms with Crippen molar-refractivity contribution in [2.24, 2.45) is 0 Å². The summed E-state index contributed by atoms with van der Waals surface area (Å²) >= 11 is 0. The standard InChI is InChI=1S/C58H37N3/c1-3-15-41(16-4-1)58-59-53(40-28-26-38(27-29-40)42-31-33-56-52(35-42)49-24-11-12-25-55(49)61(56)46-20-5-2-6-21-46)37-54(60-58)44-18-13-19-45(34-44)57-48-23-10-8-17-43(48)36-51-47-22-9-7-14-39(47)30-32-50(51)57/h1-37H. The van der Waals surface area contributed by atoms with E-state index in [1.807, 2.05) is 18.2 Å². The van der Waals surface area contributed by atoms with Gasteiger partial charge in [-0.2, -0.15) is 0 Å². The highest BCUT2D eigenvalue weighted by atomic mass is 15.0. The van der Waals surface area contributed by atoms with E-state index in [0.717, 1.165) is 44.9 Å². The number of hydrogen-bond acceptors (Lipinski definition) is 2. The van der Waals surface area contributed by atoms with E-state index in [1.165, 1.54) is 65.3 Å². The van der Waals surface area contributed by atoms with Crippen LogP contribution in [0.2, 0.25) is 0 Å². The SMILES string of the molecule is c1ccc(-c2nc(-c3ccc(-c4ccc5c(c4)c4ccccc4n5-c4ccccc4)cc3)cc(-c3cccc(-c4c5ccccc5cc5c4ccc4ccccc45)c3)n2)cc1. The molecule has 0 radical (unpaired) electrons. The summed E-state index contributed by atoms with van der Waals surface area (Å²) in [7, 11) is 0. The van der Waals surface area contributed by atoms with Crippen molar-refractivity contribution in [3.05, 3.63) is 224 Å². The van der Waals surface area contributed by atoms with Gasteiger partial charge in [0.15, 0.2) is 5.82 Å². The largest absolute Gasteiger partial charge is 0.309 e. The third-order valence-corrected chi connectivity index (χ3v) is 12.2. The zero-order valence-corrected chi connectivity index (χ0v) is 33.2. The Hall–Kier alpha value is -8.14. The zero-order valence-electron chi connectivity index (χ0n) is 33.2. The Balaban J connectivity index is 0.967. The van der Waals surface area contributed by atoms with Crippen LogP contribution in [0.4, 0.5) is 0 Å². The zero-order chi connectivity index (χ0) is 40.3. The first-order valence-electron chi connectivity index (χ1n) is 20.8. The minimum Gasteiger partial charge on any atom is -0.309 e. The lowest BCUT2D eigenvalue weighted by molar-refractivity contribution is 1.18. The second kappa shape index (κ2) is 14.3. The van der Waals surface area contributed by atoms with E-state index in [2.05, 4.69) is 211 Å². The topological polar surface area (TPSA) is 30.7 Å². The van der Waals surface area contributed by atoms with Gasteiger partial charge in [-0.25, -0.2) is 9.97 Å². The van der Waals surface area contributed by atoms with Crippen LogP contribution in [0.5, 0.6) is 0 Å². The molecule has 0 saturated heterocycles. The van der Waals surface area contributed by atoms with Crippen molar-refractivity contribution >= 4 is 54.1 Å². The molecule has 0 saturated carbocycles. The average molecular weight is 776 g/mol. The lowest BCUT2D eigenvalue weighted by atomic mass is 9.89. The van der Waals surface area contributed by atoms with Gasteiger partial charge in [0, 0.05) is 33.2 Å².